The minimum absolute atomic E-state index is 0.196. The van der Waals surface area contributed by atoms with Crippen LogP contribution in [0.25, 0.3) is 0 Å². The van der Waals surface area contributed by atoms with E-state index in [-0.39, 0.29) is 24.5 Å². The number of carbonyl (C=O) groups is 1. The number of rotatable bonds is 5. The molecule has 1 rings (SSSR count). The van der Waals surface area contributed by atoms with Crippen LogP contribution >= 0.6 is 0 Å². The van der Waals surface area contributed by atoms with Crippen LogP contribution in [0.15, 0.2) is 24.3 Å². The molecule has 0 aromatic heterocycles. The highest BCUT2D eigenvalue weighted by Crippen LogP contribution is 2.13. The van der Waals surface area contributed by atoms with Gasteiger partial charge in [0.2, 0.25) is 0 Å². The Labute approximate surface area is 102 Å². The van der Waals surface area contributed by atoms with Crippen molar-refractivity contribution in [2.45, 2.75) is 26.5 Å². The molecule has 0 aliphatic heterocycles. The van der Waals surface area contributed by atoms with Gasteiger partial charge >= 0.3 is 5.97 Å². The van der Waals surface area contributed by atoms with Gasteiger partial charge in [0.05, 0.1) is 13.0 Å². The number of esters is 1. The van der Waals surface area contributed by atoms with Gasteiger partial charge in [0.25, 0.3) is 0 Å². The number of hydrogen-bond acceptors (Lipinski definition) is 4. The normalized spacial score (nSPS) is 13.9. The average molecular weight is 237 g/mol. The van der Waals surface area contributed by atoms with E-state index in [1.54, 1.807) is 21.0 Å². The van der Waals surface area contributed by atoms with Crippen LogP contribution in [-0.4, -0.2) is 19.1 Å². The van der Waals surface area contributed by atoms with Crippen molar-refractivity contribution in [1.82, 2.24) is 0 Å². The molecule has 4 nitrogen and oxygen atoms in total. The summed E-state index contributed by atoms with van der Waals surface area (Å²) in [6.45, 7) is 3.82. The summed E-state index contributed by atoms with van der Waals surface area (Å²) >= 11 is 0. The number of benzene rings is 1. The van der Waals surface area contributed by atoms with Crippen LogP contribution in [0.2, 0.25) is 0 Å². The Morgan fingerprint density at radius 3 is 2.35 bits per heavy atom. The van der Waals surface area contributed by atoms with E-state index in [2.05, 4.69) is 0 Å². The molecular weight excluding hydrogens is 218 g/mol. The monoisotopic (exact) mass is 237 g/mol. The molecule has 0 aliphatic rings. The molecule has 0 aliphatic carbocycles. The quantitative estimate of drug-likeness (QED) is 0.792. The van der Waals surface area contributed by atoms with E-state index in [4.69, 9.17) is 15.2 Å². The standard InChI is InChI=1S/C13H19NO3/c1-9(10(2)14)13(15)17-8-11-4-6-12(16-3)7-5-11/h4-7,9-10H,8,14H2,1-3H3. The van der Waals surface area contributed by atoms with E-state index in [1.807, 2.05) is 24.3 Å². The minimum atomic E-state index is -0.284. The Kier molecular flexibility index (Phi) is 4.97. The summed E-state index contributed by atoms with van der Waals surface area (Å²) in [5, 5.41) is 0. The predicted molar refractivity (Wildman–Crippen MR) is 65.6 cm³/mol. The highest BCUT2D eigenvalue weighted by molar-refractivity contribution is 5.72. The molecule has 0 fully saturated rings. The molecule has 2 atom stereocenters. The third-order valence-corrected chi connectivity index (χ3v) is 2.70. The molecular formula is C13H19NO3. The molecule has 0 radical (unpaired) electrons. The van der Waals surface area contributed by atoms with Crippen LogP contribution in [0.3, 0.4) is 0 Å². The van der Waals surface area contributed by atoms with Crippen LogP contribution in [-0.2, 0) is 16.1 Å². The van der Waals surface area contributed by atoms with Gasteiger partial charge in [-0.1, -0.05) is 19.1 Å². The first-order valence-corrected chi connectivity index (χ1v) is 5.59. The summed E-state index contributed by atoms with van der Waals surface area (Å²) < 4.78 is 10.2. The summed E-state index contributed by atoms with van der Waals surface area (Å²) in [5.74, 6) is 0.230. The Bertz CT molecular complexity index is 359. The van der Waals surface area contributed by atoms with Gasteiger partial charge < -0.3 is 15.2 Å². The number of carbonyl (C=O) groups excluding carboxylic acids is 1. The Morgan fingerprint density at radius 2 is 1.88 bits per heavy atom. The molecule has 0 saturated heterocycles. The first-order chi connectivity index (χ1) is 8.04. The number of nitrogens with two attached hydrogens (primary N) is 1. The van der Waals surface area contributed by atoms with E-state index < -0.39 is 0 Å². The van der Waals surface area contributed by atoms with Gasteiger partial charge in [0.15, 0.2) is 0 Å². The van der Waals surface area contributed by atoms with Crippen molar-refractivity contribution in [1.29, 1.82) is 0 Å². The number of hydrogen-bond donors (Lipinski definition) is 1. The van der Waals surface area contributed by atoms with Gasteiger partial charge in [-0.15, -0.1) is 0 Å². The molecule has 94 valence electrons. The first-order valence-electron chi connectivity index (χ1n) is 5.59. The van der Waals surface area contributed by atoms with E-state index in [0.717, 1.165) is 11.3 Å². The molecule has 17 heavy (non-hydrogen) atoms. The zero-order valence-electron chi connectivity index (χ0n) is 10.5. The van der Waals surface area contributed by atoms with Crippen LogP contribution in [0.4, 0.5) is 0 Å². The topological polar surface area (TPSA) is 61.5 Å². The van der Waals surface area contributed by atoms with E-state index in [0.29, 0.717) is 0 Å². The number of ether oxygens (including phenoxy) is 2. The summed E-state index contributed by atoms with van der Waals surface area (Å²) in [5.41, 5.74) is 6.55. The molecule has 0 bridgehead atoms. The molecule has 0 spiro atoms. The SMILES string of the molecule is COc1ccc(COC(=O)C(C)C(C)N)cc1. The van der Waals surface area contributed by atoms with Gasteiger partial charge in [0.1, 0.15) is 12.4 Å². The molecule has 4 heteroatoms. The molecule has 0 saturated carbocycles. The second-order valence-corrected chi connectivity index (χ2v) is 4.10. The fourth-order valence-electron chi connectivity index (χ4n) is 1.22. The average Bonchev–Trinajstić information content (AvgIpc) is 2.35. The van der Waals surface area contributed by atoms with E-state index >= 15 is 0 Å². The highest BCUT2D eigenvalue weighted by atomic mass is 16.5. The maximum absolute atomic E-state index is 11.6. The predicted octanol–water partition coefficient (Wildman–Crippen LogP) is 1.72. The van der Waals surface area contributed by atoms with Crippen molar-refractivity contribution in [2.75, 3.05) is 7.11 Å². The smallest absolute Gasteiger partial charge is 0.310 e. The minimum Gasteiger partial charge on any atom is -0.497 e. The molecule has 0 amide bonds. The van der Waals surface area contributed by atoms with Crippen LogP contribution in [0.1, 0.15) is 19.4 Å². The molecule has 0 heterocycles. The van der Waals surface area contributed by atoms with Gasteiger partial charge in [-0.3, -0.25) is 4.79 Å². The fraction of sp³-hybridized carbons (Fsp3) is 0.462. The first kappa shape index (κ1) is 13.5. The molecule has 2 N–H and O–H groups in total. The summed E-state index contributed by atoms with van der Waals surface area (Å²) in [7, 11) is 1.61. The Morgan fingerprint density at radius 1 is 1.29 bits per heavy atom. The second-order valence-electron chi connectivity index (χ2n) is 4.10. The fourth-order valence-corrected chi connectivity index (χ4v) is 1.22. The zero-order valence-corrected chi connectivity index (χ0v) is 10.5. The summed E-state index contributed by atoms with van der Waals surface area (Å²) in [6.07, 6.45) is 0. The van der Waals surface area contributed by atoms with Crippen molar-refractivity contribution < 1.29 is 14.3 Å². The number of methoxy groups -OCH3 is 1. The van der Waals surface area contributed by atoms with Crippen molar-refractivity contribution in [3.63, 3.8) is 0 Å². The molecule has 1 aromatic rings. The zero-order chi connectivity index (χ0) is 12.8. The van der Waals surface area contributed by atoms with Gasteiger partial charge in [-0.2, -0.15) is 0 Å². The largest absolute Gasteiger partial charge is 0.497 e. The van der Waals surface area contributed by atoms with Crippen molar-refractivity contribution >= 4 is 5.97 Å². The molecule has 2 unspecified atom stereocenters. The highest BCUT2D eigenvalue weighted by Gasteiger charge is 2.18. The lowest BCUT2D eigenvalue weighted by Gasteiger charge is -2.14. The Balaban J connectivity index is 2.47. The van der Waals surface area contributed by atoms with Gasteiger partial charge in [-0.05, 0) is 24.6 Å². The van der Waals surface area contributed by atoms with Crippen molar-refractivity contribution in [3.8, 4) is 5.75 Å². The maximum Gasteiger partial charge on any atom is 0.310 e. The summed E-state index contributed by atoms with van der Waals surface area (Å²) in [4.78, 5) is 11.6. The maximum atomic E-state index is 11.6. The molecule has 1 aromatic carbocycles. The van der Waals surface area contributed by atoms with Crippen LogP contribution in [0, 0.1) is 5.92 Å². The Hall–Kier alpha value is -1.55. The third-order valence-electron chi connectivity index (χ3n) is 2.70. The lowest BCUT2D eigenvalue weighted by molar-refractivity contribution is -0.149. The second kappa shape index (κ2) is 6.25. The summed E-state index contributed by atoms with van der Waals surface area (Å²) in [6, 6.07) is 7.19. The van der Waals surface area contributed by atoms with Crippen LogP contribution < -0.4 is 10.5 Å². The van der Waals surface area contributed by atoms with Crippen molar-refractivity contribution in [3.05, 3.63) is 29.8 Å². The lowest BCUT2D eigenvalue weighted by atomic mass is 10.1. The van der Waals surface area contributed by atoms with Gasteiger partial charge in [0, 0.05) is 6.04 Å². The van der Waals surface area contributed by atoms with Crippen molar-refractivity contribution in [2.24, 2.45) is 11.7 Å². The van der Waals surface area contributed by atoms with E-state index in [1.165, 1.54) is 0 Å². The lowest BCUT2D eigenvalue weighted by Crippen LogP contribution is -2.31. The van der Waals surface area contributed by atoms with Crippen LogP contribution in [0.5, 0.6) is 5.75 Å². The third kappa shape index (κ3) is 4.07. The van der Waals surface area contributed by atoms with Gasteiger partial charge in [-0.25, -0.2) is 0 Å². The van der Waals surface area contributed by atoms with E-state index in [9.17, 15) is 4.79 Å².